The average Bonchev–Trinajstić information content (AvgIpc) is 2.99. The minimum atomic E-state index is -0.291. The van der Waals surface area contributed by atoms with Gasteiger partial charge < -0.3 is 0 Å². The van der Waals surface area contributed by atoms with E-state index in [9.17, 15) is 19.2 Å². The van der Waals surface area contributed by atoms with Crippen molar-refractivity contribution in [3.63, 3.8) is 0 Å². The van der Waals surface area contributed by atoms with Crippen LogP contribution in [0.4, 0.5) is 0 Å². The van der Waals surface area contributed by atoms with Crippen molar-refractivity contribution in [1.29, 1.82) is 0 Å². The third-order valence-corrected chi connectivity index (χ3v) is 3.13. The highest BCUT2D eigenvalue weighted by atomic mass is 16.7. The van der Waals surface area contributed by atoms with Crippen LogP contribution < -0.4 is 0 Å². The van der Waals surface area contributed by atoms with Crippen LogP contribution in [0.2, 0.25) is 0 Å². The van der Waals surface area contributed by atoms with Gasteiger partial charge in [0.1, 0.15) is 0 Å². The zero-order chi connectivity index (χ0) is 18.4. The zero-order valence-corrected chi connectivity index (χ0v) is 14.6. The van der Waals surface area contributed by atoms with Crippen LogP contribution in [0, 0.1) is 0 Å². The number of hydrogen-bond acceptors (Lipinski definition) is 6. The van der Waals surface area contributed by atoms with Gasteiger partial charge >= 0.3 is 6.02 Å². The van der Waals surface area contributed by atoms with Crippen LogP contribution >= 0.6 is 0 Å². The van der Waals surface area contributed by atoms with Crippen LogP contribution in [0.3, 0.4) is 0 Å². The number of amidine groups is 1. The fourth-order valence-electron chi connectivity index (χ4n) is 2.06. The number of imide groups is 2. The van der Waals surface area contributed by atoms with Crippen LogP contribution in [-0.4, -0.2) is 84.6 Å². The highest BCUT2D eigenvalue weighted by Gasteiger charge is 2.34. The number of hydroxylamine groups is 4. The average molecular weight is 359 g/mol. The molecule has 2 heterocycles. The van der Waals surface area contributed by atoms with Crippen molar-refractivity contribution in [2.24, 2.45) is 0 Å². The van der Waals surface area contributed by atoms with Crippen molar-refractivity contribution < 1.29 is 33.4 Å². The van der Waals surface area contributed by atoms with Gasteiger partial charge in [-0.15, -0.1) is 0 Å². The van der Waals surface area contributed by atoms with E-state index in [1.165, 1.54) is 7.11 Å². The standard InChI is InChI=1S/C9H16N3O3.C5H7NO3.CH4/c1-10(2)9(11(3)4)15-12-7(13)5-6-8(12)14;1-9-6-4(7)2-3-5(6)8;/h5-6H2,1-4H3;2-3H2,1H3;1H4/q+1;;. The van der Waals surface area contributed by atoms with Crippen molar-refractivity contribution in [2.45, 2.75) is 33.1 Å². The van der Waals surface area contributed by atoms with E-state index in [4.69, 9.17) is 4.84 Å². The minimum absolute atomic E-state index is 0. The summed E-state index contributed by atoms with van der Waals surface area (Å²) in [6.45, 7) is 0. The summed E-state index contributed by atoms with van der Waals surface area (Å²) >= 11 is 0. The second-order valence-corrected chi connectivity index (χ2v) is 5.51. The van der Waals surface area contributed by atoms with E-state index < -0.39 is 0 Å². The molecule has 0 spiro atoms. The Balaban J connectivity index is 0.000000495. The highest BCUT2D eigenvalue weighted by molar-refractivity contribution is 6.01. The van der Waals surface area contributed by atoms with Gasteiger partial charge in [-0.2, -0.15) is 5.06 Å². The maximum absolute atomic E-state index is 11.3. The van der Waals surface area contributed by atoms with E-state index in [0.29, 0.717) is 6.02 Å². The van der Waals surface area contributed by atoms with E-state index in [-0.39, 0.29) is 56.7 Å². The first-order valence-electron chi connectivity index (χ1n) is 7.34. The number of carbonyl (C=O) groups excluding carboxylic acids is 4. The Bertz CT molecular complexity index is 536. The van der Waals surface area contributed by atoms with Gasteiger partial charge in [-0.1, -0.05) is 12.5 Å². The van der Waals surface area contributed by atoms with Gasteiger partial charge in [-0.25, -0.2) is 9.48 Å². The lowest BCUT2D eigenvalue weighted by atomic mass is 10.4. The predicted octanol–water partition coefficient (Wildman–Crippen LogP) is -0.410. The molecular formula is C15H27N4O6+. The number of hydrogen-bond donors (Lipinski definition) is 0. The monoisotopic (exact) mass is 359 g/mol. The summed E-state index contributed by atoms with van der Waals surface area (Å²) in [5, 5.41) is 1.62. The number of nitrogens with zero attached hydrogens (tertiary/aromatic N) is 4. The van der Waals surface area contributed by atoms with Crippen LogP contribution in [0.1, 0.15) is 33.1 Å². The van der Waals surface area contributed by atoms with Crippen LogP contribution in [0.15, 0.2) is 0 Å². The lowest BCUT2D eigenvalue weighted by molar-refractivity contribution is -0.484. The molecule has 0 N–H and O–H groups in total. The molecule has 0 bridgehead atoms. The Hall–Kier alpha value is -2.49. The Morgan fingerprint density at radius 3 is 1.48 bits per heavy atom. The smallest absolute Gasteiger partial charge is 0.292 e. The third-order valence-electron chi connectivity index (χ3n) is 3.13. The summed E-state index contributed by atoms with van der Waals surface area (Å²) in [4.78, 5) is 55.2. The van der Waals surface area contributed by atoms with Gasteiger partial charge in [0.25, 0.3) is 23.6 Å². The molecule has 25 heavy (non-hydrogen) atoms. The molecule has 0 aromatic heterocycles. The van der Waals surface area contributed by atoms with Gasteiger partial charge in [0.15, 0.2) is 0 Å². The van der Waals surface area contributed by atoms with Crippen molar-refractivity contribution in [2.75, 3.05) is 35.3 Å². The first-order valence-corrected chi connectivity index (χ1v) is 7.34. The Morgan fingerprint density at radius 1 is 0.880 bits per heavy atom. The maximum Gasteiger partial charge on any atom is 0.470 e. The molecule has 0 aromatic carbocycles. The lowest BCUT2D eigenvalue weighted by Gasteiger charge is -2.16. The molecule has 10 nitrogen and oxygen atoms in total. The second-order valence-electron chi connectivity index (χ2n) is 5.51. The molecule has 0 aromatic rings. The van der Waals surface area contributed by atoms with Gasteiger partial charge in [0.05, 0.1) is 35.3 Å². The summed E-state index contributed by atoms with van der Waals surface area (Å²) < 4.78 is 1.69. The topological polar surface area (TPSA) is 99.5 Å². The number of rotatable bonds is 2. The molecule has 0 atom stereocenters. The molecule has 4 amide bonds. The Labute approximate surface area is 147 Å². The van der Waals surface area contributed by atoms with Crippen molar-refractivity contribution in [3.8, 4) is 0 Å². The van der Waals surface area contributed by atoms with Gasteiger partial charge in [0, 0.05) is 25.7 Å². The molecule has 10 heteroatoms. The fraction of sp³-hybridized carbons (Fsp3) is 0.667. The predicted molar refractivity (Wildman–Crippen MR) is 87.8 cm³/mol. The summed E-state index contributed by atoms with van der Waals surface area (Å²) in [6.07, 6.45) is 1.03. The molecule has 2 aliphatic heterocycles. The molecule has 2 saturated heterocycles. The fourth-order valence-corrected chi connectivity index (χ4v) is 2.06. The molecule has 142 valence electrons. The second kappa shape index (κ2) is 9.72. The van der Waals surface area contributed by atoms with Gasteiger partial charge in [0.2, 0.25) is 0 Å². The van der Waals surface area contributed by atoms with Crippen LogP contribution in [0.5, 0.6) is 0 Å². The SMILES string of the molecule is C.CN(C)C(ON1C(=O)CCC1=O)=[N+](C)C.CON1C(=O)CCC1=O. The summed E-state index contributed by atoms with van der Waals surface area (Å²) in [5.41, 5.74) is 0. The van der Waals surface area contributed by atoms with E-state index in [0.717, 1.165) is 10.1 Å². The van der Waals surface area contributed by atoms with Crippen molar-refractivity contribution >= 4 is 29.7 Å². The van der Waals surface area contributed by atoms with Crippen LogP contribution in [0.25, 0.3) is 0 Å². The molecule has 0 aliphatic carbocycles. The zero-order valence-electron chi connectivity index (χ0n) is 14.6. The lowest BCUT2D eigenvalue weighted by Crippen LogP contribution is -2.41. The molecule has 2 aliphatic rings. The molecule has 0 radical (unpaired) electrons. The molecule has 2 rings (SSSR count). The molecule has 2 fully saturated rings. The first-order chi connectivity index (χ1) is 11.2. The first kappa shape index (κ1) is 22.5. The van der Waals surface area contributed by atoms with Crippen molar-refractivity contribution in [3.05, 3.63) is 0 Å². The van der Waals surface area contributed by atoms with Crippen molar-refractivity contribution in [1.82, 2.24) is 15.0 Å². The molecule has 0 saturated carbocycles. The maximum atomic E-state index is 11.3. The van der Waals surface area contributed by atoms with E-state index in [1.54, 1.807) is 37.7 Å². The normalized spacial score (nSPS) is 16.4. The van der Waals surface area contributed by atoms with Gasteiger partial charge in [-0.3, -0.25) is 28.9 Å². The quantitative estimate of drug-likeness (QED) is 0.286. The third kappa shape index (κ3) is 5.82. The number of carbonyl (C=O) groups is 4. The minimum Gasteiger partial charge on any atom is -0.292 e. The summed E-state index contributed by atoms with van der Waals surface area (Å²) in [7, 11) is 8.42. The largest absolute Gasteiger partial charge is 0.470 e. The Morgan fingerprint density at radius 2 is 1.24 bits per heavy atom. The summed E-state index contributed by atoms with van der Waals surface area (Å²) in [5.74, 6) is -1.08. The van der Waals surface area contributed by atoms with E-state index >= 15 is 0 Å². The summed E-state index contributed by atoms with van der Waals surface area (Å²) in [6, 6.07) is 0.443. The van der Waals surface area contributed by atoms with Gasteiger partial charge in [-0.05, 0) is 0 Å². The van der Waals surface area contributed by atoms with E-state index in [1.807, 2.05) is 0 Å². The Kier molecular flexibility index (Phi) is 8.75. The molecular weight excluding hydrogens is 332 g/mol. The highest BCUT2D eigenvalue weighted by Crippen LogP contribution is 2.12. The van der Waals surface area contributed by atoms with Crippen LogP contribution in [-0.2, 0) is 28.9 Å². The molecule has 0 unspecified atom stereocenters. The van der Waals surface area contributed by atoms with E-state index in [2.05, 4.69) is 4.84 Å². The number of amides is 4.